The fourth-order valence-electron chi connectivity index (χ4n) is 18.2. The molecule has 4 spiro atoms. The number of allylic oxidation sites excluding steroid dienone is 13. The van der Waals surface area contributed by atoms with E-state index in [9.17, 15) is 0 Å². The maximum Gasteiger partial charge on any atom is 0.0720 e. The van der Waals surface area contributed by atoms with Crippen LogP contribution in [-0.2, 0) is 21.7 Å². The lowest BCUT2D eigenvalue weighted by Crippen LogP contribution is -2.48. The molecule has 0 N–H and O–H groups in total. The Morgan fingerprint density at radius 2 is 0.814 bits per heavy atom. The molecule has 86 heavy (non-hydrogen) atoms. The molecule has 0 saturated carbocycles. The van der Waals surface area contributed by atoms with Crippen LogP contribution in [0.4, 0.5) is 0 Å². The summed E-state index contributed by atoms with van der Waals surface area (Å²) >= 11 is 10.4. The lowest BCUT2D eigenvalue weighted by Gasteiger charge is -2.53. The molecular weight excluding hydrogens is 1070 g/mol. The van der Waals surface area contributed by atoms with Crippen LogP contribution in [0.15, 0.2) is 313 Å². The van der Waals surface area contributed by atoms with Gasteiger partial charge in [-0.1, -0.05) is 273 Å². The van der Waals surface area contributed by atoms with Crippen LogP contribution in [0.25, 0.3) is 44.4 Å². The van der Waals surface area contributed by atoms with Gasteiger partial charge in [-0.05, 0) is 177 Å². The molecule has 0 bridgehead atoms. The molecule has 0 amide bonds. The topological polar surface area (TPSA) is 0 Å². The minimum absolute atomic E-state index is 0.210. The summed E-state index contributed by atoms with van der Waals surface area (Å²) in [5.41, 5.74) is 30.1. The molecule has 10 aromatic rings. The molecule has 8 aliphatic rings. The lowest BCUT2D eigenvalue weighted by atomic mass is 9.48. The number of rotatable bonds is 5. The van der Waals surface area contributed by atoms with Crippen molar-refractivity contribution >= 4 is 36.2 Å². The van der Waals surface area contributed by atoms with Crippen LogP contribution in [0, 0.1) is 5.92 Å². The number of fused-ring (bicyclic) bond motifs is 32. The number of hydrogen-bond donors (Lipinski definition) is 2. The van der Waals surface area contributed by atoms with Gasteiger partial charge in [0.2, 0.25) is 0 Å². The molecule has 0 fully saturated rings. The van der Waals surface area contributed by atoms with E-state index in [1.807, 2.05) is 0 Å². The van der Waals surface area contributed by atoms with Gasteiger partial charge in [0.05, 0.1) is 21.7 Å². The van der Waals surface area contributed by atoms with Gasteiger partial charge in [0, 0.05) is 21.6 Å². The predicted octanol–water partition coefficient (Wildman–Crippen LogP) is 20.2. The first-order valence-electron chi connectivity index (χ1n) is 30.5. The average molecular weight is 1130 g/mol. The molecule has 8 aliphatic carbocycles. The summed E-state index contributed by atoms with van der Waals surface area (Å²) in [7, 11) is 0. The fourth-order valence-corrected chi connectivity index (χ4v) is 18.6. The van der Waals surface area contributed by atoms with Crippen LogP contribution >= 0.6 is 25.3 Å². The van der Waals surface area contributed by atoms with Gasteiger partial charge in [0.15, 0.2) is 0 Å². The van der Waals surface area contributed by atoms with E-state index in [4.69, 9.17) is 25.3 Å². The Labute approximate surface area is 514 Å². The Morgan fingerprint density at radius 1 is 0.372 bits per heavy atom. The van der Waals surface area contributed by atoms with Crippen molar-refractivity contribution in [3.63, 3.8) is 0 Å². The minimum atomic E-state index is -0.542. The lowest BCUT2D eigenvalue weighted by molar-refractivity contribution is 0.421. The highest BCUT2D eigenvalue weighted by Crippen LogP contribution is 2.72. The van der Waals surface area contributed by atoms with Gasteiger partial charge in [-0.2, -0.15) is 0 Å². The highest BCUT2D eigenvalue weighted by molar-refractivity contribution is 7.90. The largest absolute Gasteiger partial charge is 0.143 e. The van der Waals surface area contributed by atoms with Crippen LogP contribution in [0.1, 0.15) is 108 Å². The Balaban J connectivity index is 0.746. The molecule has 3 unspecified atom stereocenters. The van der Waals surface area contributed by atoms with Crippen LogP contribution in [-0.4, -0.2) is 0 Å². The van der Waals surface area contributed by atoms with E-state index in [-0.39, 0.29) is 11.8 Å². The highest BCUT2D eigenvalue weighted by atomic mass is 32.1. The zero-order chi connectivity index (χ0) is 56.9. The van der Waals surface area contributed by atoms with E-state index in [2.05, 4.69) is 303 Å². The summed E-state index contributed by atoms with van der Waals surface area (Å²) in [6, 6.07) is 88.1. The molecule has 10 aromatic carbocycles. The van der Waals surface area contributed by atoms with Gasteiger partial charge >= 0.3 is 0 Å². The second-order valence-electron chi connectivity index (χ2n) is 24.5. The third kappa shape index (κ3) is 6.28. The maximum atomic E-state index is 5.36. The standard InChI is InChI=1S/C84H58S2/c85-55(24-21-23-53-47-49-76-78(51-53)83(68-38-13-5-30-60(68)61-31-6-14-39-69(61)83)74-44-19-17-42-72(74)81(76)64-34-9-1-26-56(64)57-27-2-10-35-65(57)81)25-22-46-80(86)54-48-50-77-79(52-54)84(70-40-15-7-32-62(70)63-33-8-16-41-71(63)84)75-45-20-18-43-73(75)82(77)66-36-11-3-28-58(66)59-29-4-12-37-67(59)82/h1-17,19,21-52,62,70,85-86H,18,20H2/b23-21+,25-22+,55-24-,80-46-. The Hall–Kier alpha value is -9.18. The van der Waals surface area contributed by atoms with E-state index in [0.717, 1.165) is 33.8 Å². The summed E-state index contributed by atoms with van der Waals surface area (Å²) in [4.78, 5) is 1.75. The molecule has 0 radical (unpaired) electrons. The predicted molar refractivity (Wildman–Crippen MR) is 362 cm³/mol. The second kappa shape index (κ2) is 18.7. The zero-order valence-corrected chi connectivity index (χ0v) is 49.1. The number of benzene rings is 10. The van der Waals surface area contributed by atoms with Crippen molar-refractivity contribution in [3.05, 3.63) is 402 Å². The smallest absolute Gasteiger partial charge is 0.0720 e. The van der Waals surface area contributed by atoms with Crippen molar-refractivity contribution in [3.8, 4) is 33.4 Å². The molecule has 0 saturated heterocycles. The molecular formula is C84H58S2. The summed E-state index contributed by atoms with van der Waals surface area (Å²) < 4.78 is 0. The quantitative estimate of drug-likeness (QED) is 0.125. The number of hydrogen-bond acceptors (Lipinski definition) is 2. The zero-order valence-electron chi connectivity index (χ0n) is 47.3. The van der Waals surface area contributed by atoms with Crippen molar-refractivity contribution in [1.82, 2.24) is 0 Å². The summed E-state index contributed by atoms with van der Waals surface area (Å²) in [6.07, 6.45) is 29.6. The van der Waals surface area contributed by atoms with Crippen molar-refractivity contribution in [1.29, 1.82) is 0 Å². The molecule has 3 atom stereocenters. The van der Waals surface area contributed by atoms with E-state index < -0.39 is 21.7 Å². The Morgan fingerprint density at radius 3 is 1.38 bits per heavy atom. The van der Waals surface area contributed by atoms with E-state index in [0.29, 0.717) is 0 Å². The molecule has 406 valence electrons. The minimum Gasteiger partial charge on any atom is -0.143 e. The normalized spacial score (nSPS) is 20.8. The van der Waals surface area contributed by atoms with Gasteiger partial charge in [-0.25, -0.2) is 0 Å². The molecule has 0 nitrogen and oxygen atoms in total. The van der Waals surface area contributed by atoms with E-state index in [1.165, 1.54) is 122 Å². The summed E-state index contributed by atoms with van der Waals surface area (Å²) in [5.74, 6) is 0.476. The van der Waals surface area contributed by atoms with Gasteiger partial charge in [-0.3, -0.25) is 0 Å². The average Bonchev–Trinajstić information content (AvgIpc) is 1.40. The maximum absolute atomic E-state index is 5.36. The van der Waals surface area contributed by atoms with Gasteiger partial charge in [0.1, 0.15) is 0 Å². The van der Waals surface area contributed by atoms with Crippen molar-refractivity contribution in [2.45, 2.75) is 40.4 Å². The molecule has 2 heteroatoms. The molecule has 18 rings (SSSR count). The van der Waals surface area contributed by atoms with Gasteiger partial charge < -0.3 is 0 Å². The van der Waals surface area contributed by atoms with Gasteiger partial charge in [0.25, 0.3) is 0 Å². The van der Waals surface area contributed by atoms with Crippen molar-refractivity contribution in [2.75, 3.05) is 0 Å². The third-order valence-electron chi connectivity index (χ3n) is 21.0. The van der Waals surface area contributed by atoms with Crippen molar-refractivity contribution < 1.29 is 0 Å². The summed E-state index contributed by atoms with van der Waals surface area (Å²) in [5, 5.41) is 0. The fraction of sp³-hybridized carbons (Fsp3) is 0.0952. The van der Waals surface area contributed by atoms with Crippen LogP contribution < -0.4 is 0 Å². The third-order valence-corrected chi connectivity index (χ3v) is 21.7. The highest BCUT2D eigenvalue weighted by Gasteiger charge is 2.64. The number of thiol groups is 2. The second-order valence-corrected chi connectivity index (χ2v) is 25.5. The molecule has 0 heterocycles. The van der Waals surface area contributed by atoms with Crippen LogP contribution in [0.5, 0.6) is 0 Å². The summed E-state index contributed by atoms with van der Waals surface area (Å²) in [6.45, 7) is 0. The van der Waals surface area contributed by atoms with Crippen molar-refractivity contribution in [2.24, 2.45) is 5.92 Å². The SMILES string of the molecule is SC(=C\C=C\c1ccc2c(c1)C1(c3ccccc3-c3ccccc31)c1ccccc1C21c2ccccc2-c2ccccc21)/C=C/C=C(\S)c1ccc2c(c1)C1(C3=CCCC=C3C23c2ccccc2-c2ccccc23)c2ccccc2C2C=CC=CC21. The first-order chi connectivity index (χ1) is 42.5. The Kier molecular flexibility index (Phi) is 10.9. The van der Waals surface area contributed by atoms with Crippen LogP contribution in [0.2, 0.25) is 0 Å². The first-order valence-corrected chi connectivity index (χ1v) is 31.4. The molecule has 0 aliphatic heterocycles. The Bertz CT molecular complexity index is 4750. The first kappa shape index (κ1) is 50.2. The van der Waals surface area contributed by atoms with Crippen LogP contribution in [0.3, 0.4) is 0 Å². The monoisotopic (exact) mass is 1130 g/mol. The van der Waals surface area contributed by atoms with E-state index >= 15 is 0 Å². The van der Waals surface area contributed by atoms with E-state index in [1.54, 1.807) is 0 Å². The van der Waals surface area contributed by atoms with Gasteiger partial charge in [-0.15, -0.1) is 25.3 Å². The molecule has 0 aromatic heterocycles.